The van der Waals surface area contributed by atoms with E-state index in [0.717, 1.165) is 57.8 Å². The van der Waals surface area contributed by atoms with Gasteiger partial charge in [-0.15, -0.1) is 0 Å². The van der Waals surface area contributed by atoms with Gasteiger partial charge in [0.2, 0.25) is 5.91 Å². The SMILES string of the molecule is CCCCCCCCC/C=C\CCCCCCCC(=O)OCCCCCCCCCCCCCCC(=O)NC(CO)C(O)/C=C/CCCCCCCCCCCCCCCCCCC. The molecular formula is C58H111NO5. The molecule has 0 spiro atoms. The highest BCUT2D eigenvalue weighted by Gasteiger charge is 2.18. The predicted molar refractivity (Wildman–Crippen MR) is 278 cm³/mol. The molecule has 0 aromatic rings. The van der Waals surface area contributed by atoms with Gasteiger partial charge in [-0.05, 0) is 57.8 Å². The van der Waals surface area contributed by atoms with E-state index >= 15 is 0 Å². The van der Waals surface area contributed by atoms with Crippen LogP contribution in [0.2, 0.25) is 0 Å². The second kappa shape index (κ2) is 54.0. The maximum Gasteiger partial charge on any atom is 0.305 e. The van der Waals surface area contributed by atoms with Crippen molar-refractivity contribution in [3.05, 3.63) is 24.3 Å². The fraction of sp³-hybridized carbons (Fsp3) is 0.897. The van der Waals surface area contributed by atoms with Crippen LogP contribution in [0.1, 0.15) is 309 Å². The van der Waals surface area contributed by atoms with Gasteiger partial charge in [0.1, 0.15) is 0 Å². The molecular weight excluding hydrogens is 791 g/mol. The summed E-state index contributed by atoms with van der Waals surface area (Å²) in [7, 11) is 0. The Bertz CT molecular complexity index is 997. The summed E-state index contributed by atoms with van der Waals surface area (Å²) < 4.78 is 5.47. The highest BCUT2D eigenvalue weighted by molar-refractivity contribution is 5.76. The van der Waals surface area contributed by atoms with E-state index in [2.05, 4.69) is 31.3 Å². The first-order chi connectivity index (χ1) is 31.5. The lowest BCUT2D eigenvalue weighted by atomic mass is 10.0. The molecule has 0 saturated carbocycles. The number of hydrogen-bond donors (Lipinski definition) is 3. The fourth-order valence-corrected chi connectivity index (χ4v) is 8.81. The van der Waals surface area contributed by atoms with Gasteiger partial charge in [-0.2, -0.15) is 0 Å². The molecule has 0 aliphatic heterocycles. The van der Waals surface area contributed by atoms with Crippen molar-refractivity contribution < 1.29 is 24.5 Å². The number of unbranched alkanes of at least 4 members (excludes halogenated alkanes) is 40. The molecule has 0 heterocycles. The van der Waals surface area contributed by atoms with Gasteiger partial charge in [-0.25, -0.2) is 0 Å². The van der Waals surface area contributed by atoms with Crippen LogP contribution in [-0.4, -0.2) is 47.4 Å². The molecule has 0 bridgehead atoms. The van der Waals surface area contributed by atoms with Gasteiger partial charge in [-0.1, -0.05) is 263 Å². The first-order valence-corrected chi connectivity index (χ1v) is 28.6. The number of carbonyl (C=O) groups is 2. The third-order valence-electron chi connectivity index (χ3n) is 13.2. The molecule has 0 aromatic carbocycles. The highest BCUT2D eigenvalue weighted by Crippen LogP contribution is 2.17. The summed E-state index contributed by atoms with van der Waals surface area (Å²) >= 11 is 0. The van der Waals surface area contributed by atoms with Gasteiger partial charge in [-0.3, -0.25) is 9.59 Å². The number of esters is 1. The second-order valence-electron chi connectivity index (χ2n) is 19.6. The van der Waals surface area contributed by atoms with Gasteiger partial charge < -0.3 is 20.3 Å². The molecule has 3 N–H and O–H groups in total. The smallest absolute Gasteiger partial charge is 0.305 e. The van der Waals surface area contributed by atoms with Crippen molar-refractivity contribution in [2.75, 3.05) is 13.2 Å². The van der Waals surface area contributed by atoms with Crippen LogP contribution >= 0.6 is 0 Å². The van der Waals surface area contributed by atoms with E-state index in [4.69, 9.17) is 4.74 Å². The lowest BCUT2D eigenvalue weighted by molar-refractivity contribution is -0.143. The summed E-state index contributed by atoms with van der Waals surface area (Å²) in [4.78, 5) is 24.5. The summed E-state index contributed by atoms with van der Waals surface area (Å²) in [5, 5.41) is 23.1. The molecule has 0 saturated heterocycles. The summed E-state index contributed by atoms with van der Waals surface area (Å²) in [5.74, 6) is -0.0995. The fourth-order valence-electron chi connectivity index (χ4n) is 8.81. The molecule has 64 heavy (non-hydrogen) atoms. The van der Waals surface area contributed by atoms with E-state index in [1.165, 1.54) is 225 Å². The van der Waals surface area contributed by atoms with E-state index in [-0.39, 0.29) is 18.5 Å². The normalized spacial score (nSPS) is 12.8. The zero-order valence-electron chi connectivity index (χ0n) is 43.0. The molecule has 0 aromatic heterocycles. The largest absolute Gasteiger partial charge is 0.466 e. The number of ether oxygens (including phenoxy) is 1. The topological polar surface area (TPSA) is 95.9 Å². The number of carbonyl (C=O) groups excluding carboxylic acids is 2. The minimum atomic E-state index is -0.855. The van der Waals surface area contributed by atoms with Crippen molar-refractivity contribution in [1.29, 1.82) is 0 Å². The first kappa shape index (κ1) is 62.3. The number of aliphatic hydroxyl groups excluding tert-OH is 2. The zero-order chi connectivity index (χ0) is 46.5. The molecule has 6 nitrogen and oxygen atoms in total. The minimum Gasteiger partial charge on any atom is -0.466 e. The van der Waals surface area contributed by atoms with E-state index in [1.807, 2.05) is 6.08 Å². The molecule has 0 fully saturated rings. The van der Waals surface area contributed by atoms with Crippen LogP contribution in [0, 0.1) is 0 Å². The van der Waals surface area contributed by atoms with E-state index in [1.54, 1.807) is 6.08 Å². The Morgan fingerprint density at radius 3 is 1.11 bits per heavy atom. The average Bonchev–Trinajstić information content (AvgIpc) is 3.29. The van der Waals surface area contributed by atoms with Gasteiger partial charge in [0.25, 0.3) is 0 Å². The first-order valence-electron chi connectivity index (χ1n) is 28.6. The highest BCUT2D eigenvalue weighted by atomic mass is 16.5. The number of nitrogens with one attached hydrogen (secondary N) is 1. The van der Waals surface area contributed by atoms with Gasteiger partial charge in [0.05, 0.1) is 25.4 Å². The Balaban J connectivity index is 3.49. The second-order valence-corrected chi connectivity index (χ2v) is 19.6. The molecule has 2 atom stereocenters. The van der Waals surface area contributed by atoms with Crippen LogP contribution in [0.15, 0.2) is 24.3 Å². The molecule has 378 valence electrons. The third-order valence-corrected chi connectivity index (χ3v) is 13.2. The number of hydrogen-bond acceptors (Lipinski definition) is 5. The van der Waals surface area contributed by atoms with Crippen LogP contribution in [0.4, 0.5) is 0 Å². The molecule has 1 amide bonds. The van der Waals surface area contributed by atoms with Crippen molar-refractivity contribution in [2.45, 2.75) is 321 Å². The van der Waals surface area contributed by atoms with Crippen molar-refractivity contribution in [1.82, 2.24) is 5.32 Å². The van der Waals surface area contributed by atoms with Crippen molar-refractivity contribution in [3.8, 4) is 0 Å². The Hall–Kier alpha value is -1.66. The summed E-state index contributed by atoms with van der Waals surface area (Å²) in [6.07, 6.45) is 64.7. The van der Waals surface area contributed by atoms with Crippen molar-refractivity contribution in [3.63, 3.8) is 0 Å². The van der Waals surface area contributed by atoms with Crippen LogP contribution in [-0.2, 0) is 14.3 Å². The Morgan fingerprint density at radius 2 is 0.734 bits per heavy atom. The van der Waals surface area contributed by atoms with Crippen LogP contribution < -0.4 is 5.32 Å². The van der Waals surface area contributed by atoms with E-state index in [0.29, 0.717) is 19.4 Å². The van der Waals surface area contributed by atoms with Crippen molar-refractivity contribution >= 4 is 11.9 Å². The number of amides is 1. The lowest BCUT2D eigenvalue weighted by Crippen LogP contribution is -2.45. The van der Waals surface area contributed by atoms with Crippen LogP contribution in [0.5, 0.6) is 0 Å². The maximum atomic E-state index is 12.5. The Morgan fingerprint density at radius 1 is 0.422 bits per heavy atom. The molecule has 0 aliphatic carbocycles. The van der Waals surface area contributed by atoms with Crippen molar-refractivity contribution in [2.24, 2.45) is 0 Å². The minimum absolute atomic E-state index is 0.0178. The maximum absolute atomic E-state index is 12.5. The Kier molecular flexibility index (Phi) is 52.6. The van der Waals surface area contributed by atoms with E-state index in [9.17, 15) is 19.8 Å². The summed E-state index contributed by atoms with van der Waals surface area (Å²) in [6, 6.07) is -0.640. The standard InChI is InChI=1S/C58H111NO5/c1-3-5-7-9-11-13-15-17-19-21-22-23-24-26-30-34-38-42-46-50-56(61)55(54-60)59-57(62)51-47-43-39-35-31-28-29-33-37-41-45-49-53-64-58(63)52-48-44-40-36-32-27-25-20-18-16-14-12-10-8-6-4-2/h20,25,46,50,55-56,60-61H,3-19,21-24,26-45,47-49,51-54H2,1-2H3,(H,59,62)/b25-20-,50-46+. The Labute approximate surface area is 399 Å². The van der Waals surface area contributed by atoms with E-state index < -0.39 is 12.1 Å². The number of allylic oxidation sites excluding steroid dienone is 3. The zero-order valence-corrected chi connectivity index (χ0v) is 43.0. The molecule has 0 radical (unpaired) electrons. The number of aliphatic hydroxyl groups is 2. The molecule has 2 unspecified atom stereocenters. The monoisotopic (exact) mass is 902 g/mol. The molecule has 0 rings (SSSR count). The molecule has 6 heteroatoms. The van der Waals surface area contributed by atoms with Crippen LogP contribution in [0.25, 0.3) is 0 Å². The lowest BCUT2D eigenvalue weighted by Gasteiger charge is -2.20. The third kappa shape index (κ3) is 49.8. The van der Waals surface area contributed by atoms with Crippen LogP contribution in [0.3, 0.4) is 0 Å². The average molecular weight is 903 g/mol. The number of rotatable bonds is 53. The summed E-state index contributed by atoms with van der Waals surface area (Å²) in [5.41, 5.74) is 0. The van der Waals surface area contributed by atoms with Gasteiger partial charge in [0.15, 0.2) is 0 Å². The van der Waals surface area contributed by atoms with Gasteiger partial charge >= 0.3 is 5.97 Å². The molecule has 0 aliphatic rings. The summed E-state index contributed by atoms with van der Waals surface area (Å²) in [6.45, 7) is 4.88. The quantitative estimate of drug-likeness (QED) is 0.0321. The van der Waals surface area contributed by atoms with Gasteiger partial charge in [0, 0.05) is 12.8 Å². The predicted octanol–water partition coefficient (Wildman–Crippen LogP) is 17.5.